The van der Waals surface area contributed by atoms with Gasteiger partial charge in [0.2, 0.25) is 0 Å². The van der Waals surface area contributed by atoms with Crippen LogP contribution in [0, 0.1) is 0 Å². The van der Waals surface area contributed by atoms with Gasteiger partial charge in [0.25, 0.3) is 11.8 Å². The molecular formula is C4H2INO2S. The third-order valence-corrected chi connectivity index (χ3v) is 2.52. The molecule has 9 heavy (non-hydrogen) atoms. The first kappa shape index (κ1) is 7.07. The van der Waals surface area contributed by atoms with Crippen LogP contribution < -0.4 is 0 Å². The second kappa shape index (κ2) is 2.70. The molecule has 1 aliphatic rings. The molecule has 0 fully saturated rings. The molecule has 0 saturated heterocycles. The molecule has 0 bridgehead atoms. The summed E-state index contributed by atoms with van der Waals surface area (Å²) < 4.78 is 1.08. The van der Waals surface area contributed by atoms with Gasteiger partial charge in [-0.1, -0.05) is 0 Å². The monoisotopic (exact) mass is 255 g/mol. The summed E-state index contributed by atoms with van der Waals surface area (Å²) >= 11 is 1.88. The number of rotatable bonds is 1. The molecule has 0 aromatic rings. The molecule has 5 heteroatoms. The molecule has 0 unspecified atom stereocenters. The molecule has 0 saturated carbocycles. The molecule has 0 atom stereocenters. The minimum Gasteiger partial charge on any atom is -0.268 e. The van der Waals surface area contributed by atoms with Crippen molar-refractivity contribution in [2.75, 3.05) is 0 Å². The number of imide groups is 1. The highest BCUT2D eigenvalue weighted by atomic mass is 127. The first-order valence-corrected chi connectivity index (χ1v) is 5.42. The number of amides is 2. The van der Waals surface area contributed by atoms with E-state index in [4.69, 9.17) is 0 Å². The van der Waals surface area contributed by atoms with Gasteiger partial charge in [-0.3, -0.25) is 9.59 Å². The van der Waals surface area contributed by atoms with Crippen molar-refractivity contribution in [1.82, 2.24) is 4.31 Å². The average Bonchev–Trinajstić information content (AvgIpc) is 2.12. The zero-order valence-electron chi connectivity index (χ0n) is 4.20. The number of carbonyl (C=O) groups excluding carboxylic acids is 2. The van der Waals surface area contributed by atoms with Gasteiger partial charge in [-0.2, -0.15) is 0 Å². The maximum atomic E-state index is 10.6. The fourth-order valence-corrected chi connectivity index (χ4v) is 1.88. The van der Waals surface area contributed by atoms with E-state index < -0.39 is 0 Å². The third-order valence-electron chi connectivity index (χ3n) is 0.838. The van der Waals surface area contributed by atoms with E-state index in [1.54, 1.807) is 0 Å². The van der Waals surface area contributed by atoms with Crippen LogP contribution >= 0.6 is 30.3 Å². The van der Waals surface area contributed by atoms with Crippen molar-refractivity contribution in [3.05, 3.63) is 12.2 Å². The average molecular weight is 255 g/mol. The summed E-state index contributed by atoms with van der Waals surface area (Å²) in [4.78, 5) is 21.2. The van der Waals surface area contributed by atoms with E-state index in [9.17, 15) is 9.59 Å². The maximum Gasteiger partial charge on any atom is 0.264 e. The number of carbonyl (C=O) groups is 2. The zero-order chi connectivity index (χ0) is 6.85. The Kier molecular flexibility index (Phi) is 2.12. The van der Waals surface area contributed by atoms with Crippen molar-refractivity contribution in [2.45, 2.75) is 0 Å². The van der Waals surface area contributed by atoms with Crippen molar-refractivity contribution in [1.29, 1.82) is 0 Å². The summed E-state index contributed by atoms with van der Waals surface area (Å²) in [5.41, 5.74) is 0. The smallest absolute Gasteiger partial charge is 0.264 e. The quantitative estimate of drug-likeness (QED) is 0.397. The van der Waals surface area contributed by atoms with Gasteiger partial charge in [0, 0.05) is 42.5 Å². The molecular weight excluding hydrogens is 253 g/mol. The Balaban J connectivity index is 2.75. The second-order valence-electron chi connectivity index (χ2n) is 1.37. The van der Waals surface area contributed by atoms with E-state index in [-0.39, 0.29) is 11.8 Å². The van der Waals surface area contributed by atoms with Gasteiger partial charge in [-0.25, -0.2) is 4.31 Å². The van der Waals surface area contributed by atoms with Crippen molar-refractivity contribution >= 4 is 42.1 Å². The lowest BCUT2D eigenvalue weighted by Gasteiger charge is -2.04. The van der Waals surface area contributed by atoms with E-state index >= 15 is 0 Å². The minimum absolute atomic E-state index is 0.251. The van der Waals surface area contributed by atoms with Crippen molar-refractivity contribution < 1.29 is 9.59 Å². The van der Waals surface area contributed by atoms with Crippen LogP contribution in [0.15, 0.2) is 12.2 Å². The summed E-state index contributed by atoms with van der Waals surface area (Å²) in [6.07, 6.45) is 2.52. The Bertz CT molecular complexity index is 173. The Hall–Kier alpha value is -0.0400. The number of halogens is 1. The first-order chi connectivity index (χ1) is 4.25. The fraction of sp³-hybridized carbons (Fsp3) is 0. The largest absolute Gasteiger partial charge is 0.268 e. The summed E-state index contributed by atoms with van der Waals surface area (Å²) in [6.45, 7) is 0. The molecule has 0 aliphatic carbocycles. The topological polar surface area (TPSA) is 37.4 Å². The van der Waals surface area contributed by atoms with Crippen LogP contribution in [0.5, 0.6) is 0 Å². The van der Waals surface area contributed by atoms with Gasteiger partial charge in [0.05, 0.1) is 0 Å². The van der Waals surface area contributed by atoms with Crippen molar-refractivity contribution in [3.63, 3.8) is 0 Å². The molecule has 0 N–H and O–H groups in total. The first-order valence-electron chi connectivity index (χ1n) is 2.10. The summed E-state index contributed by atoms with van der Waals surface area (Å²) in [6, 6.07) is 0. The van der Waals surface area contributed by atoms with Crippen molar-refractivity contribution in [3.8, 4) is 0 Å². The molecule has 0 aromatic heterocycles. The number of hydrogen-bond acceptors (Lipinski definition) is 3. The second-order valence-corrected chi connectivity index (χ2v) is 3.06. The predicted molar refractivity (Wildman–Crippen MR) is 42.6 cm³/mol. The highest BCUT2D eigenvalue weighted by molar-refractivity contribution is 14.2. The molecule has 1 heterocycles. The van der Waals surface area contributed by atoms with E-state index in [1.807, 2.05) is 21.2 Å². The Morgan fingerprint density at radius 3 is 2.00 bits per heavy atom. The van der Waals surface area contributed by atoms with Crippen LogP contribution in [0.3, 0.4) is 0 Å². The molecule has 2 amide bonds. The van der Waals surface area contributed by atoms with Crippen LogP contribution in [-0.2, 0) is 9.59 Å². The maximum absolute atomic E-state index is 10.6. The zero-order valence-corrected chi connectivity index (χ0v) is 7.18. The van der Waals surface area contributed by atoms with Gasteiger partial charge in [0.1, 0.15) is 0 Å². The van der Waals surface area contributed by atoms with E-state index in [2.05, 4.69) is 0 Å². The molecule has 0 aromatic carbocycles. The van der Waals surface area contributed by atoms with E-state index in [0.29, 0.717) is 0 Å². The van der Waals surface area contributed by atoms with E-state index in [1.165, 1.54) is 12.2 Å². The standard InChI is InChI=1S/C4H2INO2S/c5-9-6-3(7)1-2-4(6)8/h1-2H. The van der Waals surface area contributed by atoms with Crippen LogP contribution in [-0.4, -0.2) is 16.1 Å². The normalized spacial score (nSPS) is 17.7. The van der Waals surface area contributed by atoms with Gasteiger partial charge in [-0.15, -0.1) is 0 Å². The molecule has 0 radical (unpaired) electrons. The number of nitrogens with zero attached hydrogens (tertiary/aromatic N) is 1. The fourth-order valence-electron chi connectivity index (χ4n) is 0.455. The summed E-state index contributed by atoms with van der Waals surface area (Å²) in [7, 11) is 1.09. The van der Waals surface area contributed by atoms with Crippen LogP contribution in [0.1, 0.15) is 0 Å². The highest BCUT2D eigenvalue weighted by Crippen LogP contribution is 2.22. The molecule has 1 aliphatic heterocycles. The Morgan fingerprint density at radius 2 is 1.78 bits per heavy atom. The lowest BCUT2D eigenvalue weighted by atomic mass is 10.6. The number of hydrogen-bond donors (Lipinski definition) is 0. The molecule has 1 rings (SSSR count). The Morgan fingerprint density at radius 1 is 1.33 bits per heavy atom. The van der Waals surface area contributed by atoms with Gasteiger partial charge >= 0.3 is 0 Å². The lowest BCUT2D eigenvalue weighted by Crippen LogP contribution is -2.20. The lowest BCUT2D eigenvalue weighted by molar-refractivity contribution is -0.130. The molecule has 48 valence electrons. The van der Waals surface area contributed by atoms with Crippen LogP contribution in [0.2, 0.25) is 0 Å². The molecule has 3 nitrogen and oxygen atoms in total. The summed E-state index contributed by atoms with van der Waals surface area (Å²) in [5, 5.41) is 0. The van der Waals surface area contributed by atoms with Crippen LogP contribution in [0.4, 0.5) is 0 Å². The Labute approximate surface area is 68.2 Å². The SMILES string of the molecule is O=C1C=CC(=O)N1SI. The summed E-state index contributed by atoms with van der Waals surface area (Å²) in [5.74, 6) is -0.501. The van der Waals surface area contributed by atoms with Crippen molar-refractivity contribution in [2.24, 2.45) is 0 Å². The third kappa shape index (κ3) is 1.26. The molecule has 0 spiro atoms. The predicted octanol–water partition coefficient (Wildman–Crippen LogP) is 0.910. The van der Waals surface area contributed by atoms with E-state index in [0.717, 1.165) is 13.4 Å². The van der Waals surface area contributed by atoms with Gasteiger partial charge in [0.15, 0.2) is 0 Å². The van der Waals surface area contributed by atoms with Gasteiger partial charge in [-0.05, 0) is 0 Å². The highest BCUT2D eigenvalue weighted by Gasteiger charge is 2.22. The minimum atomic E-state index is -0.251. The van der Waals surface area contributed by atoms with Crippen LogP contribution in [0.25, 0.3) is 0 Å². The van der Waals surface area contributed by atoms with Gasteiger partial charge < -0.3 is 0 Å².